The van der Waals surface area contributed by atoms with E-state index in [1.807, 2.05) is 0 Å². The summed E-state index contributed by atoms with van der Waals surface area (Å²) in [4.78, 5) is 12.1. The second-order valence-electron chi connectivity index (χ2n) is 5.41. The maximum absolute atomic E-state index is 13.1. The lowest BCUT2D eigenvalue weighted by atomic mass is 10.2. The summed E-state index contributed by atoms with van der Waals surface area (Å²) in [5.74, 6) is -0.0634. The molecule has 5 nitrogen and oxygen atoms in total. The van der Waals surface area contributed by atoms with Crippen LogP contribution in [0.15, 0.2) is 28.6 Å². The van der Waals surface area contributed by atoms with Crippen molar-refractivity contribution in [3.8, 4) is 0 Å². The molecule has 2 rings (SSSR count). The molecule has 0 fully saturated rings. The van der Waals surface area contributed by atoms with Crippen molar-refractivity contribution in [1.29, 1.82) is 0 Å². The van der Waals surface area contributed by atoms with Crippen molar-refractivity contribution in [2.24, 2.45) is 5.92 Å². The van der Waals surface area contributed by atoms with E-state index in [-0.39, 0.29) is 17.0 Å². The van der Waals surface area contributed by atoms with E-state index < -0.39 is 0 Å². The molecule has 0 saturated carbocycles. The van der Waals surface area contributed by atoms with E-state index in [0.717, 1.165) is 16.0 Å². The topological polar surface area (TPSA) is 66.9 Å². The van der Waals surface area contributed by atoms with Gasteiger partial charge in [-0.25, -0.2) is 4.39 Å². The number of benzene rings is 1. The fraction of sp³-hybridized carbons (Fsp3) is 0.400. The Kier molecular flexibility index (Phi) is 6.35. The van der Waals surface area contributed by atoms with Crippen molar-refractivity contribution in [2.75, 3.05) is 17.2 Å². The average Bonchev–Trinajstić information content (AvgIpc) is 2.92. The first kappa shape index (κ1) is 17.7. The van der Waals surface area contributed by atoms with Gasteiger partial charge in [0.2, 0.25) is 11.0 Å². The Balaban J connectivity index is 1.88. The van der Waals surface area contributed by atoms with Crippen LogP contribution in [0.1, 0.15) is 20.8 Å². The summed E-state index contributed by atoms with van der Waals surface area (Å²) in [5, 5.41) is 14.4. The molecule has 1 heterocycles. The Morgan fingerprint density at radius 3 is 2.83 bits per heavy atom. The van der Waals surface area contributed by atoms with Crippen molar-refractivity contribution in [2.45, 2.75) is 30.4 Å². The van der Waals surface area contributed by atoms with E-state index in [2.05, 4.69) is 34.7 Å². The molecule has 0 unspecified atom stereocenters. The van der Waals surface area contributed by atoms with Crippen LogP contribution in [-0.4, -0.2) is 27.9 Å². The molecule has 0 radical (unpaired) electrons. The quantitative estimate of drug-likeness (QED) is 0.739. The molecular formula is C15H19FN4OS2. The Morgan fingerprint density at radius 1 is 1.35 bits per heavy atom. The number of amides is 1. The zero-order chi connectivity index (χ0) is 16.8. The molecule has 1 atom stereocenters. The molecular weight excluding hydrogens is 335 g/mol. The summed E-state index contributed by atoms with van der Waals surface area (Å²) in [6.07, 6.45) is 0. The highest BCUT2D eigenvalue weighted by Gasteiger charge is 2.17. The third kappa shape index (κ3) is 5.80. The average molecular weight is 354 g/mol. The van der Waals surface area contributed by atoms with Crippen LogP contribution in [0.5, 0.6) is 0 Å². The smallest absolute Gasteiger partial charge is 0.237 e. The first-order valence-electron chi connectivity index (χ1n) is 7.24. The molecule has 1 aromatic carbocycles. The summed E-state index contributed by atoms with van der Waals surface area (Å²) < 4.78 is 13.8. The lowest BCUT2D eigenvalue weighted by Gasteiger charge is -2.10. The maximum atomic E-state index is 13.1. The highest BCUT2D eigenvalue weighted by Crippen LogP contribution is 2.29. The van der Waals surface area contributed by atoms with Gasteiger partial charge in [0.05, 0.1) is 5.25 Å². The predicted octanol–water partition coefficient (Wildman–Crippen LogP) is 3.86. The van der Waals surface area contributed by atoms with Crippen LogP contribution in [0.4, 0.5) is 15.2 Å². The van der Waals surface area contributed by atoms with E-state index in [1.165, 1.54) is 35.2 Å². The third-order valence-corrected chi connectivity index (χ3v) is 4.87. The first-order valence-corrected chi connectivity index (χ1v) is 8.94. The van der Waals surface area contributed by atoms with Gasteiger partial charge in [-0.2, -0.15) is 0 Å². The summed E-state index contributed by atoms with van der Waals surface area (Å²) in [5.41, 5.74) is 0.444. The van der Waals surface area contributed by atoms with Crippen LogP contribution < -0.4 is 10.6 Å². The number of hydrogen-bond donors (Lipinski definition) is 2. The second-order valence-corrected chi connectivity index (χ2v) is 7.97. The number of nitrogens with one attached hydrogen (secondary N) is 2. The van der Waals surface area contributed by atoms with Crippen LogP contribution in [0.25, 0.3) is 0 Å². The van der Waals surface area contributed by atoms with Crippen molar-refractivity contribution >= 4 is 39.8 Å². The number of nitrogens with zero attached hydrogens (tertiary/aromatic N) is 2. The molecule has 124 valence electrons. The molecule has 1 aromatic heterocycles. The number of carbonyl (C=O) groups excluding carboxylic acids is 1. The molecule has 2 aromatic rings. The molecule has 1 amide bonds. The Hall–Kier alpha value is -1.67. The number of hydrogen-bond acceptors (Lipinski definition) is 6. The van der Waals surface area contributed by atoms with Crippen LogP contribution in [0.3, 0.4) is 0 Å². The minimum Gasteiger partial charge on any atom is -0.360 e. The summed E-state index contributed by atoms with van der Waals surface area (Å²) >= 11 is 2.75. The minimum absolute atomic E-state index is 0.201. The van der Waals surface area contributed by atoms with Crippen molar-refractivity contribution < 1.29 is 9.18 Å². The molecule has 2 N–H and O–H groups in total. The van der Waals surface area contributed by atoms with Gasteiger partial charge in [0, 0.05) is 12.2 Å². The number of carbonyl (C=O) groups is 1. The Morgan fingerprint density at radius 2 is 2.13 bits per heavy atom. The van der Waals surface area contributed by atoms with E-state index in [1.54, 1.807) is 19.1 Å². The van der Waals surface area contributed by atoms with Gasteiger partial charge in [-0.15, -0.1) is 10.2 Å². The molecule has 23 heavy (non-hydrogen) atoms. The lowest BCUT2D eigenvalue weighted by Crippen LogP contribution is -2.22. The van der Waals surface area contributed by atoms with Gasteiger partial charge >= 0.3 is 0 Å². The fourth-order valence-corrected chi connectivity index (χ4v) is 3.54. The standard InChI is InChI=1S/C15H19FN4OS2/c1-9(2)8-17-14-19-20-15(23-14)22-10(3)13(21)18-12-6-4-5-11(16)7-12/h4-7,9-10H,8H2,1-3H3,(H,17,19)(H,18,21)/t10-/m0/s1. The largest absolute Gasteiger partial charge is 0.360 e. The van der Waals surface area contributed by atoms with Gasteiger partial charge in [0.15, 0.2) is 4.34 Å². The monoisotopic (exact) mass is 354 g/mol. The van der Waals surface area contributed by atoms with Gasteiger partial charge in [-0.3, -0.25) is 4.79 Å². The molecule has 0 aliphatic rings. The number of halogens is 1. The SMILES string of the molecule is CC(C)CNc1nnc(S[C@@H](C)C(=O)Nc2cccc(F)c2)s1. The number of rotatable bonds is 7. The van der Waals surface area contributed by atoms with E-state index in [9.17, 15) is 9.18 Å². The lowest BCUT2D eigenvalue weighted by molar-refractivity contribution is -0.115. The third-order valence-electron chi connectivity index (χ3n) is 2.81. The predicted molar refractivity (Wildman–Crippen MR) is 93.6 cm³/mol. The normalized spacial score (nSPS) is 12.2. The highest BCUT2D eigenvalue weighted by atomic mass is 32.2. The Bertz CT molecular complexity index is 662. The van der Waals surface area contributed by atoms with E-state index >= 15 is 0 Å². The second kappa shape index (κ2) is 8.26. The molecule has 0 saturated heterocycles. The van der Waals surface area contributed by atoms with Gasteiger partial charge in [0.25, 0.3) is 0 Å². The molecule has 8 heteroatoms. The fourth-order valence-electron chi connectivity index (χ4n) is 1.64. The van der Waals surface area contributed by atoms with E-state index in [4.69, 9.17) is 0 Å². The number of thioether (sulfide) groups is 1. The van der Waals surface area contributed by atoms with Crippen LogP contribution >= 0.6 is 23.1 Å². The highest BCUT2D eigenvalue weighted by molar-refractivity contribution is 8.02. The van der Waals surface area contributed by atoms with Gasteiger partial charge in [-0.1, -0.05) is 43.0 Å². The Labute approximate surface area is 143 Å². The summed E-state index contributed by atoms with van der Waals surface area (Å²) in [7, 11) is 0. The zero-order valence-corrected chi connectivity index (χ0v) is 14.8. The van der Waals surface area contributed by atoms with Gasteiger partial charge < -0.3 is 10.6 Å². The van der Waals surface area contributed by atoms with Crippen LogP contribution in [0, 0.1) is 11.7 Å². The van der Waals surface area contributed by atoms with Crippen LogP contribution in [0.2, 0.25) is 0 Å². The van der Waals surface area contributed by atoms with Crippen molar-refractivity contribution in [3.05, 3.63) is 30.1 Å². The van der Waals surface area contributed by atoms with Gasteiger partial charge in [0.1, 0.15) is 5.82 Å². The summed E-state index contributed by atoms with van der Waals surface area (Å²) in [6, 6.07) is 5.83. The molecule has 0 spiro atoms. The molecule has 0 bridgehead atoms. The van der Waals surface area contributed by atoms with Crippen molar-refractivity contribution in [3.63, 3.8) is 0 Å². The van der Waals surface area contributed by atoms with E-state index in [0.29, 0.717) is 11.6 Å². The van der Waals surface area contributed by atoms with Crippen LogP contribution in [-0.2, 0) is 4.79 Å². The van der Waals surface area contributed by atoms with Crippen molar-refractivity contribution in [1.82, 2.24) is 10.2 Å². The number of anilines is 2. The first-order chi connectivity index (χ1) is 10.9. The van der Waals surface area contributed by atoms with Gasteiger partial charge in [-0.05, 0) is 31.0 Å². The maximum Gasteiger partial charge on any atom is 0.237 e. The minimum atomic E-state index is -0.381. The zero-order valence-electron chi connectivity index (χ0n) is 13.2. The number of aromatic nitrogens is 2. The molecule has 0 aliphatic heterocycles. The molecule has 0 aliphatic carbocycles. The summed E-state index contributed by atoms with van der Waals surface area (Å²) in [6.45, 7) is 6.84.